The first-order valence-corrected chi connectivity index (χ1v) is 4.20. The van der Waals surface area contributed by atoms with Crippen LogP contribution in [-0.4, -0.2) is 6.29 Å². The van der Waals surface area contributed by atoms with E-state index in [9.17, 15) is 4.79 Å². The van der Waals surface area contributed by atoms with Crippen molar-refractivity contribution in [2.24, 2.45) is 23.7 Å². The van der Waals surface area contributed by atoms with Gasteiger partial charge in [-0.3, -0.25) is 0 Å². The molecule has 0 N–H and O–H groups in total. The molecular weight excluding hydrogens is 138 g/mol. The van der Waals surface area contributed by atoms with Gasteiger partial charge in [-0.1, -0.05) is 0 Å². The number of rotatable bonds is 1. The molecule has 4 atom stereocenters. The Labute approximate surface area is 66.2 Å². The van der Waals surface area contributed by atoms with E-state index >= 15 is 0 Å². The zero-order valence-electron chi connectivity index (χ0n) is 6.36. The van der Waals surface area contributed by atoms with Crippen LogP contribution >= 0.6 is 0 Å². The van der Waals surface area contributed by atoms with E-state index in [1.807, 2.05) is 0 Å². The summed E-state index contributed by atoms with van der Waals surface area (Å²) in [6.45, 7) is 0. The summed E-state index contributed by atoms with van der Waals surface area (Å²) in [7, 11) is 0. The van der Waals surface area contributed by atoms with Gasteiger partial charge in [0.05, 0.1) is 6.07 Å². The number of carbonyl (C=O) groups excluding carboxylic acids is 1. The minimum Gasteiger partial charge on any atom is -0.303 e. The summed E-state index contributed by atoms with van der Waals surface area (Å²) in [5.41, 5.74) is 0. The molecule has 0 heterocycles. The van der Waals surface area contributed by atoms with E-state index in [-0.39, 0.29) is 11.8 Å². The van der Waals surface area contributed by atoms with Crippen LogP contribution in [0.15, 0.2) is 0 Å². The van der Waals surface area contributed by atoms with Crippen LogP contribution in [0.1, 0.15) is 19.3 Å². The minimum absolute atomic E-state index is 0.260. The average Bonchev–Trinajstić information content (AvgIpc) is 2.60. The van der Waals surface area contributed by atoms with Crippen molar-refractivity contribution in [2.75, 3.05) is 0 Å². The molecule has 2 aliphatic carbocycles. The standard InChI is InChI=1S/C9H11NO/c10-4-8-2-7-1-6(8)3-9(7)5-11/h5-9H,1-3H2. The Morgan fingerprint density at radius 3 is 2.55 bits per heavy atom. The van der Waals surface area contributed by atoms with E-state index in [2.05, 4.69) is 6.07 Å². The van der Waals surface area contributed by atoms with Gasteiger partial charge in [-0.25, -0.2) is 0 Å². The van der Waals surface area contributed by atoms with E-state index in [0.717, 1.165) is 25.5 Å². The van der Waals surface area contributed by atoms with E-state index in [1.54, 1.807) is 0 Å². The number of nitriles is 1. The highest BCUT2D eigenvalue weighted by molar-refractivity contribution is 5.55. The largest absolute Gasteiger partial charge is 0.303 e. The Morgan fingerprint density at radius 1 is 1.27 bits per heavy atom. The average molecular weight is 149 g/mol. The van der Waals surface area contributed by atoms with Crippen molar-refractivity contribution in [3.63, 3.8) is 0 Å². The van der Waals surface area contributed by atoms with Gasteiger partial charge in [-0.2, -0.15) is 5.26 Å². The highest BCUT2D eigenvalue weighted by Crippen LogP contribution is 2.50. The number of aldehydes is 1. The SMILES string of the molecule is N#CC1CC2CC1CC2C=O. The second kappa shape index (κ2) is 2.34. The quantitative estimate of drug-likeness (QED) is 0.528. The lowest BCUT2D eigenvalue weighted by Gasteiger charge is -2.18. The predicted molar refractivity (Wildman–Crippen MR) is 39.5 cm³/mol. The maximum Gasteiger partial charge on any atom is 0.123 e. The second-order valence-electron chi connectivity index (χ2n) is 3.76. The highest BCUT2D eigenvalue weighted by Gasteiger charge is 2.45. The fourth-order valence-electron chi connectivity index (χ4n) is 2.64. The van der Waals surface area contributed by atoms with Crippen LogP contribution in [-0.2, 0) is 4.79 Å². The number of carbonyl (C=O) groups is 1. The van der Waals surface area contributed by atoms with Gasteiger partial charge in [0.1, 0.15) is 6.29 Å². The molecule has 2 nitrogen and oxygen atoms in total. The molecule has 0 radical (unpaired) electrons. The molecule has 11 heavy (non-hydrogen) atoms. The van der Waals surface area contributed by atoms with Gasteiger partial charge in [-0.15, -0.1) is 0 Å². The molecule has 2 bridgehead atoms. The van der Waals surface area contributed by atoms with Crippen LogP contribution in [0.3, 0.4) is 0 Å². The summed E-state index contributed by atoms with van der Waals surface area (Å²) < 4.78 is 0. The van der Waals surface area contributed by atoms with Gasteiger partial charge < -0.3 is 4.79 Å². The Morgan fingerprint density at radius 2 is 2.09 bits per heavy atom. The molecule has 2 heteroatoms. The molecular formula is C9H11NO. The predicted octanol–water partition coefficient (Wildman–Crippen LogP) is 1.37. The maximum atomic E-state index is 10.5. The van der Waals surface area contributed by atoms with Gasteiger partial charge in [0.25, 0.3) is 0 Å². The fraction of sp³-hybridized carbons (Fsp3) is 0.778. The van der Waals surface area contributed by atoms with Crippen molar-refractivity contribution < 1.29 is 4.79 Å². The molecule has 0 aliphatic heterocycles. The van der Waals surface area contributed by atoms with E-state index in [1.165, 1.54) is 0 Å². The molecule has 2 saturated carbocycles. The smallest absolute Gasteiger partial charge is 0.123 e. The number of nitrogens with zero attached hydrogens (tertiary/aromatic N) is 1. The molecule has 0 aromatic rings. The summed E-state index contributed by atoms with van der Waals surface area (Å²) in [6.07, 6.45) is 4.16. The van der Waals surface area contributed by atoms with Gasteiger partial charge in [-0.05, 0) is 31.1 Å². The van der Waals surface area contributed by atoms with E-state index in [0.29, 0.717) is 11.8 Å². The molecule has 2 aliphatic rings. The molecule has 2 fully saturated rings. The Bertz CT molecular complexity index is 218. The molecule has 0 aromatic heterocycles. The molecule has 0 aromatic carbocycles. The van der Waals surface area contributed by atoms with Crippen LogP contribution in [0.5, 0.6) is 0 Å². The summed E-state index contributed by atoms with van der Waals surface area (Å²) in [5.74, 6) is 1.63. The van der Waals surface area contributed by atoms with Crippen LogP contribution in [0.25, 0.3) is 0 Å². The zero-order chi connectivity index (χ0) is 7.84. The lowest BCUT2D eigenvalue weighted by molar-refractivity contribution is -0.112. The molecule has 0 amide bonds. The third kappa shape index (κ3) is 0.875. The molecule has 2 rings (SSSR count). The van der Waals surface area contributed by atoms with Crippen molar-refractivity contribution in [2.45, 2.75) is 19.3 Å². The Kier molecular flexibility index (Phi) is 1.45. The normalized spacial score (nSPS) is 47.2. The second-order valence-corrected chi connectivity index (χ2v) is 3.76. The zero-order valence-corrected chi connectivity index (χ0v) is 6.36. The topological polar surface area (TPSA) is 40.9 Å². The molecule has 4 unspecified atom stereocenters. The van der Waals surface area contributed by atoms with Crippen LogP contribution in [0, 0.1) is 35.0 Å². The van der Waals surface area contributed by atoms with Crippen LogP contribution in [0.2, 0.25) is 0 Å². The minimum atomic E-state index is 0.260. The molecule has 0 spiro atoms. The maximum absolute atomic E-state index is 10.5. The van der Waals surface area contributed by atoms with Gasteiger partial charge in [0, 0.05) is 11.8 Å². The van der Waals surface area contributed by atoms with Crippen LogP contribution < -0.4 is 0 Å². The monoisotopic (exact) mass is 149 g/mol. The first-order valence-electron chi connectivity index (χ1n) is 4.20. The third-order valence-corrected chi connectivity index (χ3v) is 3.25. The lowest BCUT2D eigenvalue weighted by Crippen LogP contribution is -2.17. The first-order chi connectivity index (χ1) is 5.35. The van der Waals surface area contributed by atoms with Gasteiger partial charge in [0.15, 0.2) is 0 Å². The Hall–Kier alpha value is -0.840. The van der Waals surface area contributed by atoms with Gasteiger partial charge >= 0.3 is 0 Å². The van der Waals surface area contributed by atoms with Crippen molar-refractivity contribution >= 4 is 6.29 Å². The van der Waals surface area contributed by atoms with Crippen molar-refractivity contribution in [1.29, 1.82) is 5.26 Å². The summed E-state index contributed by atoms with van der Waals surface area (Å²) in [6, 6.07) is 2.32. The van der Waals surface area contributed by atoms with Crippen molar-refractivity contribution in [1.82, 2.24) is 0 Å². The highest BCUT2D eigenvalue weighted by atomic mass is 16.1. The number of hydrogen-bond donors (Lipinski definition) is 0. The number of fused-ring (bicyclic) bond motifs is 2. The van der Waals surface area contributed by atoms with Crippen molar-refractivity contribution in [3.05, 3.63) is 0 Å². The molecule has 58 valence electrons. The first kappa shape index (κ1) is 6.84. The third-order valence-electron chi connectivity index (χ3n) is 3.25. The summed E-state index contributed by atoms with van der Waals surface area (Å²) >= 11 is 0. The van der Waals surface area contributed by atoms with E-state index in [4.69, 9.17) is 5.26 Å². The van der Waals surface area contributed by atoms with Gasteiger partial charge in [0.2, 0.25) is 0 Å². The Balaban J connectivity index is 2.09. The van der Waals surface area contributed by atoms with Crippen LogP contribution in [0.4, 0.5) is 0 Å². The molecule has 0 saturated heterocycles. The summed E-state index contributed by atoms with van der Waals surface area (Å²) in [4.78, 5) is 10.5. The van der Waals surface area contributed by atoms with E-state index < -0.39 is 0 Å². The van der Waals surface area contributed by atoms with Crippen molar-refractivity contribution in [3.8, 4) is 6.07 Å². The summed E-state index contributed by atoms with van der Waals surface area (Å²) in [5, 5.41) is 8.71. The lowest BCUT2D eigenvalue weighted by atomic mass is 9.84. The number of hydrogen-bond acceptors (Lipinski definition) is 2. The fourth-order valence-corrected chi connectivity index (χ4v) is 2.64.